The predicted molar refractivity (Wildman–Crippen MR) is 109 cm³/mol. The van der Waals surface area contributed by atoms with Crippen LogP contribution in [0.15, 0.2) is 18.5 Å². The van der Waals surface area contributed by atoms with Gasteiger partial charge in [0.2, 0.25) is 0 Å². The summed E-state index contributed by atoms with van der Waals surface area (Å²) in [5.74, 6) is 0.0758. The fraction of sp³-hybridized carbons (Fsp3) is 0.550. The van der Waals surface area contributed by atoms with E-state index in [0.29, 0.717) is 6.54 Å². The molecule has 8 heteroatoms. The zero-order valence-electron chi connectivity index (χ0n) is 17.3. The Labute approximate surface area is 165 Å². The van der Waals surface area contributed by atoms with Crippen LogP contribution in [0.4, 0.5) is 0 Å². The van der Waals surface area contributed by atoms with Gasteiger partial charge in [-0.3, -0.25) is 4.79 Å². The molecule has 1 fully saturated rings. The fourth-order valence-corrected chi connectivity index (χ4v) is 3.66. The van der Waals surface area contributed by atoms with Crippen molar-refractivity contribution in [3.8, 4) is 0 Å². The molecule has 152 valence electrons. The molecule has 0 amide bonds. The lowest BCUT2D eigenvalue weighted by molar-refractivity contribution is -0.143. The molecule has 0 aliphatic carbocycles. The molecule has 2 aromatic heterocycles. The Morgan fingerprint density at radius 1 is 1.50 bits per heavy atom. The summed E-state index contributed by atoms with van der Waals surface area (Å²) in [6.45, 7) is 4.91. The zero-order chi connectivity index (χ0) is 20.3. The molecule has 2 atom stereocenters. The van der Waals surface area contributed by atoms with Crippen LogP contribution in [0.1, 0.15) is 49.6 Å². The van der Waals surface area contributed by atoms with Crippen LogP contribution in [-0.4, -0.2) is 59.4 Å². The van der Waals surface area contributed by atoms with E-state index in [0.717, 1.165) is 47.4 Å². The van der Waals surface area contributed by atoms with Gasteiger partial charge >= 0.3 is 5.97 Å². The van der Waals surface area contributed by atoms with Crippen molar-refractivity contribution in [2.45, 2.75) is 45.1 Å². The summed E-state index contributed by atoms with van der Waals surface area (Å²) in [4.78, 5) is 16.7. The zero-order valence-corrected chi connectivity index (χ0v) is 17.3. The molecule has 0 spiro atoms. The number of hydrazine groups is 1. The van der Waals surface area contributed by atoms with Crippen molar-refractivity contribution < 1.29 is 9.53 Å². The molecular weight excluding hydrogens is 356 g/mol. The monoisotopic (exact) mass is 386 g/mol. The number of aryl methyl sites for hydroxylation is 1. The van der Waals surface area contributed by atoms with Gasteiger partial charge in [-0.05, 0) is 37.8 Å². The quantitative estimate of drug-likeness (QED) is 0.578. The van der Waals surface area contributed by atoms with Crippen LogP contribution in [-0.2, 0) is 16.0 Å². The van der Waals surface area contributed by atoms with E-state index >= 15 is 0 Å². The number of hydrogen-bond donors (Lipinski definition) is 2. The number of piperidine rings is 1. The maximum absolute atomic E-state index is 11.8. The summed E-state index contributed by atoms with van der Waals surface area (Å²) in [5, 5.41) is 9.78. The number of esters is 1. The summed E-state index contributed by atoms with van der Waals surface area (Å²) in [6, 6.07) is 1.93. The van der Waals surface area contributed by atoms with Crippen LogP contribution in [0.5, 0.6) is 0 Å². The van der Waals surface area contributed by atoms with Crippen LogP contribution >= 0.6 is 0 Å². The van der Waals surface area contributed by atoms with Crippen LogP contribution in [0.2, 0.25) is 0 Å². The minimum absolute atomic E-state index is 0.191. The molecule has 0 saturated carbocycles. The highest BCUT2D eigenvalue weighted by molar-refractivity contribution is 5.76. The molecule has 1 aliphatic rings. The molecule has 1 saturated heterocycles. The van der Waals surface area contributed by atoms with Crippen LogP contribution < -0.4 is 10.7 Å². The predicted octanol–water partition coefficient (Wildman–Crippen LogP) is 1.73. The van der Waals surface area contributed by atoms with Gasteiger partial charge in [0, 0.05) is 49.7 Å². The first kappa shape index (κ1) is 20.3. The molecule has 2 unspecified atom stereocenters. The lowest BCUT2D eigenvalue weighted by atomic mass is 9.91. The Kier molecular flexibility index (Phi) is 6.31. The minimum atomic E-state index is -0.219. The van der Waals surface area contributed by atoms with Crippen LogP contribution in [0, 0.1) is 0 Å². The van der Waals surface area contributed by atoms with Crippen molar-refractivity contribution in [3.05, 3.63) is 35.4 Å². The molecule has 28 heavy (non-hydrogen) atoms. The fourth-order valence-electron chi connectivity index (χ4n) is 3.66. The molecule has 2 N–H and O–H groups in total. The van der Waals surface area contributed by atoms with Crippen molar-refractivity contribution in [1.82, 2.24) is 30.3 Å². The Morgan fingerprint density at radius 3 is 2.89 bits per heavy atom. The maximum Gasteiger partial charge on any atom is 0.322 e. The van der Waals surface area contributed by atoms with Gasteiger partial charge in [-0.1, -0.05) is 6.92 Å². The first-order valence-electron chi connectivity index (χ1n) is 9.76. The highest BCUT2D eigenvalue weighted by atomic mass is 16.5. The summed E-state index contributed by atoms with van der Waals surface area (Å²) in [5.41, 5.74) is 8.25. The summed E-state index contributed by atoms with van der Waals surface area (Å²) >= 11 is 0. The second kappa shape index (κ2) is 8.70. The highest BCUT2D eigenvalue weighted by Gasteiger charge is 2.28. The molecule has 0 aromatic carbocycles. The second-order valence-electron chi connectivity index (χ2n) is 7.22. The first-order valence-corrected chi connectivity index (χ1v) is 9.76. The van der Waals surface area contributed by atoms with Crippen molar-refractivity contribution in [2.24, 2.45) is 0 Å². The number of nitrogens with zero attached hydrogens (tertiary/aromatic N) is 4. The van der Waals surface area contributed by atoms with E-state index < -0.39 is 0 Å². The van der Waals surface area contributed by atoms with Gasteiger partial charge in [-0.15, -0.1) is 0 Å². The van der Waals surface area contributed by atoms with E-state index in [4.69, 9.17) is 9.72 Å². The van der Waals surface area contributed by atoms with Gasteiger partial charge in [0.05, 0.1) is 13.3 Å². The molecule has 3 heterocycles. The third kappa shape index (κ3) is 4.02. The number of ether oxygens (including phenoxy) is 1. The van der Waals surface area contributed by atoms with E-state index in [1.165, 1.54) is 7.11 Å². The second-order valence-corrected chi connectivity index (χ2v) is 7.22. The van der Waals surface area contributed by atoms with Crippen molar-refractivity contribution in [1.29, 1.82) is 0 Å². The van der Waals surface area contributed by atoms with E-state index in [-0.39, 0.29) is 17.9 Å². The van der Waals surface area contributed by atoms with Crippen molar-refractivity contribution >= 4 is 17.2 Å². The molecule has 0 bridgehead atoms. The van der Waals surface area contributed by atoms with E-state index in [9.17, 15) is 4.79 Å². The smallest absolute Gasteiger partial charge is 0.322 e. The molecular formula is C20H30N6O2. The summed E-state index contributed by atoms with van der Waals surface area (Å²) in [6.07, 6.45) is 6.44. The van der Waals surface area contributed by atoms with Gasteiger partial charge in [0.1, 0.15) is 6.04 Å². The number of carbonyl (C=O) groups is 1. The van der Waals surface area contributed by atoms with Gasteiger partial charge in [-0.2, -0.15) is 5.10 Å². The average molecular weight is 387 g/mol. The van der Waals surface area contributed by atoms with Gasteiger partial charge in [0.25, 0.3) is 0 Å². The van der Waals surface area contributed by atoms with Crippen LogP contribution in [0.3, 0.4) is 0 Å². The molecule has 8 nitrogen and oxygen atoms in total. The number of nitrogens with one attached hydrogen (secondary N) is 2. The molecule has 2 aromatic rings. The number of fused-ring (bicyclic) bond motifs is 1. The standard InChI is InChI=1S/C20H30N6O2/c1-6-15-9-18(14-7-8-17(22-10-14)20(27)28-5)24-19-16(11-23-26(15)19)13(2)12-25(4)21-3/h9,11-12,14,17,21-22H,6-8,10H2,1-5H3. The Bertz CT molecular complexity index is 867. The maximum atomic E-state index is 11.8. The SMILES string of the molecule is CCc1cc(C2CCC(C(=O)OC)NC2)nc2c(C(C)=CN(C)NC)cnn12. The van der Waals surface area contributed by atoms with Gasteiger partial charge in [-0.25, -0.2) is 14.9 Å². The first-order chi connectivity index (χ1) is 13.5. The molecule has 0 radical (unpaired) electrons. The van der Waals surface area contributed by atoms with Crippen molar-refractivity contribution in [2.75, 3.05) is 27.7 Å². The van der Waals surface area contributed by atoms with E-state index in [1.54, 1.807) is 0 Å². The third-order valence-corrected chi connectivity index (χ3v) is 5.41. The summed E-state index contributed by atoms with van der Waals surface area (Å²) < 4.78 is 6.79. The number of aromatic nitrogens is 3. The van der Waals surface area contributed by atoms with Crippen molar-refractivity contribution in [3.63, 3.8) is 0 Å². The number of rotatable bonds is 6. The molecule has 1 aliphatic heterocycles. The Morgan fingerprint density at radius 2 is 2.29 bits per heavy atom. The highest BCUT2D eigenvalue weighted by Crippen LogP contribution is 2.28. The number of hydrogen-bond acceptors (Lipinski definition) is 7. The Balaban J connectivity index is 1.93. The number of methoxy groups -OCH3 is 1. The third-order valence-electron chi connectivity index (χ3n) is 5.41. The lowest BCUT2D eigenvalue weighted by Gasteiger charge is -2.28. The average Bonchev–Trinajstić information content (AvgIpc) is 3.16. The van der Waals surface area contributed by atoms with Gasteiger partial charge < -0.3 is 15.1 Å². The van der Waals surface area contributed by atoms with E-state index in [2.05, 4.69) is 35.8 Å². The van der Waals surface area contributed by atoms with Gasteiger partial charge in [0.15, 0.2) is 5.65 Å². The largest absolute Gasteiger partial charge is 0.468 e. The normalized spacial score (nSPS) is 20.4. The topological polar surface area (TPSA) is 83.8 Å². The number of allylic oxidation sites excluding steroid dienone is 1. The van der Waals surface area contributed by atoms with Crippen LogP contribution in [0.25, 0.3) is 11.2 Å². The van der Waals surface area contributed by atoms with E-state index in [1.807, 2.05) is 36.0 Å². The minimum Gasteiger partial charge on any atom is -0.468 e. The number of carbonyl (C=O) groups excluding carboxylic acids is 1. The Hall–Kier alpha value is -2.45. The lowest BCUT2D eigenvalue weighted by Crippen LogP contribution is -2.44. The molecule has 3 rings (SSSR count). The summed E-state index contributed by atoms with van der Waals surface area (Å²) in [7, 11) is 5.27.